The van der Waals surface area contributed by atoms with Crippen LogP contribution in [-0.2, 0) is 29.0 Å². The van der Waals surface area contributed by atoms with E-state index in [4.69, 9.17) is 9.72 Å². The van der Waals surface area contributed by atoms with Gasteiger partial charge in [-0.3, -0.25) is 14.4 Å². The molecule has 2 fully saturated rings. The molecule has 15 nitrogen and oxygen atoms in total. The number of amides is 3. The van der Waals surface area contributed by atoms with E-state index in [1.54, 1.807) is 20.0 Å². The van der Waals surface area contributed by atoms with E-state index in [2.05, 4.69) is 62.9 Å². The van der Waals surface area contributed by atoms with E-state index in [0.29, 0.717) is 11.5 Å². The van der Waals surface area contributed by atoms with Crippen molar-refractivity contribution >= 4 is 63.4 Å². The highest BCUT2D eigenvalue weighted by atomic mass is 32.2. The van der Waals surface area contributed by atoms with Gasteiger partial charge in [-0.25, -0.2) is 23.2 Å². The molecule has 4 heterocycles. The molecule has 324 valence electrons. The van der Waals surface area contributed by atoms with Gasteiger partial charge in [-0.15, -0.1) is 0 Å². The zero-order valence-corrected chi connectivity index (χ0v) is 37.4. The number of Topliss-reactive ketones (excluding diaryl/α,β-unsaturated/α-hetero) is 1. The Hall–Kier alpha value is -5.39. The minimum absolute atomic E-state index is 0.00161. The summed E-state index contributed by atoms with van der Waals surface area (Å²) in [5.74, 6) is -1.11. The summed E-state index contributed by atoms with van der Waals surface area (Å²) >= 11 is 0. The molecule has 5 atom stereocenters. The number of nitrogens with zero attached hydrogens (tertiary/aromatic N) is 3. The lowest BCUT2D eigenvalue weighted by Crippen LogP contribution is -2.55. The maximum atomic E-state index is 14.0. The molecule has 5 aromatic rings. The lowest BCUT2D eigenvalue weighted by molar-refractivity contribution is -0.136. The van der Waals surface area contributed by atoms with Crippen LogP contribution in [0.15, 0.2) is 60.8 Å². The first kappa shape index (κ1) is 43.7. The fraction of sp³-hybridized carbons (Fsp3) is 0.455. The van der Waals surface area contributed by atoms with Crippen LogP contribution in [0.2, 0.25) is 25.2 Å². The SMILES string of the molecule is COC(=O)N[C@H](C(=O)N1CCS(=O)(=O)CC1c1ncc(-c2ccc(-c3ccc4c(ccc5[nH]c([C@@H]6C[Si](C)(C)CC6C(=O)[C@@H](NC(=O)CO)C(C)C)nc54)c3)cc2)[nH]1)C(C)C. The van der Waals surface area contributed by atoms with Gasteiger partial charge in [0.05, 0.1) is 47.6 Å². The molecule has 0 aliphatic carbocycles. The van der Waals surface area contributed by atoms with Crippen molar-refractivity contribution in [2.75, 3.05) is 31.8 Å². The Morgan fingerprint density at radius 3 is 2.26 bits per heavy atom. The lowest BCUT2D eigenvalue weighted by Gasteiger charge is -2.37. The van der Waals surface area contributed by atoms with Crippen molar-refractivity contribution in [1.29, 1.82) is 0 Å². The van der Waals surface area contributed by atoms with E-state index in [1.807, 2.05) is 44.2 Å². The number of nitrogens with one attached hydrogen (secondary N) is 4. The molecule has 5 N–H and O–H groups in total. The number of H-pyrrole nitrogens is 2. The number of aliphatic hydroxyl groups excluding tert-OH is 1. The predicted octanol–water partition coefficient (Wildman–Crippen LogP) is 5.58. The van der Waals surface area contributed by atoms with Gasteiger partial charge in [0, 0.05) is 31.8 Å². The number of benzene rings is 3. The monoisotopic (exact) mass is 869 g/mol. The first-order valence-electron chi connectivity index (χ1n) is 20.8. The van der Waals surface area contributed by atoms with Crippen molar-refractivity contribution < 1.29 is 37.4 Å². The molecule has 17 heteroatoms. The van der Waals surface area contributed by atoms with Crippen LogP contribution < -0.4 is 10.6 Å². The normalized spacial score (nSPS) is 20.8. The van der Waals surface area contributed by atoms with Crippen LogP contribution in [-0.4, -0.2) is 114 Å². The standard InChI is InChI=1S/C44H55N7O8SSi/c1-24(2)37(48-36(53)20-52)40(54)31-22-61(6,7)23-32(31)41-46-33-15-13-29-18-28(12-14-30(29)39(33)49-41)26-8-10-27(11-9-26)34-19-45-42(47-34)35-21-60(57,58)17-16-51(35)43(55)38(25(3)4)50-44(56)59-5/h8-15,18-19,24-25,31-32,35,37-38,52H,16-17,20-23H2,1-7H3,(H,45,47)(H,46,49)(H,48,53)(H,50,56)/t31?,32-,35?,37+,38+/m1/s1. The summed E-state index contributed by atoms with van der Waals surface area (Å²) in [6, 6.07) is 17.5. The molecule has 0 bridgehead atoms. The molecular formula is C44H55N7O8SSi. The predicted molar refractivity (Wildman–Crippen MR) is 236 cm³/mol. The molecule has 61 heavy (non-hydrogen) atoms. The Morgan fingerprint density at radius 2 is 1.59 bits per heavy atom. The number of hydrogen-bond acceptors (Lipinski definition) is 10. The van der Waals surface area contributed by atoms with Gasteiger partial charge in [0.15, 0.2) is 15.6 Å². The number of aromatic amines is 2. The third kappa shape index (κ3) is 9.14. The maximum absolute atomic E-state index is 14.0. The van der Waals surface area contributed by atoms with Crippen molar-refractivity contribution in [2.45, 2.75) is 76.9 Å². The van der Waals surface area contributed by atoms with E-state index in [9.17, 15) is 32.7 Å². The van der Waals surface area contributed by atoms with E-state index in [-0.39, 0.29) is 47.5 Å². The Balaban J connectivity index is 1.11. The molecule has 2 aromatic heterocycles. The number of fused-ring (bicyclic) bond motifs is 3. The zero-order chi connectivity index (χ0) is 44.0. The molecule has 3 amide bonds. The summed E-state index contributed by atoms with van der Waals surface area (Å²) < 4.78 is 30.3. The number of ether oxygens (including phenoxy) is 1. The largest absolute Gasteiger partial charge is 0.453 e. The number of imidazole rings is 2. The van der Waals surface area contributed by atoms with Crippen LogP contribution in [0.25, 0.3) is 44.2 Å². The number of aliphatic hydroxyl groups is 1. The lowest BCUT2D eigenvalue weighted by atomic mass is 9.84. The number of aromatic nitrogens is 4. The smallest absolute Gasteiger partial charge is 0.407 e. The molecule has 2 saturated heterocycles. The van der Waals surface area contributed by atoms with Crippen LogP contribution in [0.4, 0.5) is 4.79 Å². The minimum Gasteiger partial charge on any atom is -0.453 e. The van der Waals surface area contributed by atoms with Gasteiger partial charge in [-0.1, -0.05) is 83.3 Å². The van der Waals surface area contributed by atoms with Crippen molar-refractivity contribution in [1.82, 2.24) is 35.5 Å². The quantitative estimate of drug-likeness (QED) is 0.0982. The number of sulfone groups is 1. The third-order valence-corrected chi connectivity index (χ3v) is 16.9. The van der Waals surface area contributed by atoms with Gasteiger partial charge < -0.3 is 35.3 Å². The van der Waals surface area contributed by atoms with Crippen LogP contribution in [0.5, 0.6) is 0 Å². The van der Waals surface area contributed by atoms with E-state index in [0.717, 1.165) is 56.4 Å². The fourth-order valence-corrected chi connectivity index (χ4v) is 14.0. The molecule has 0 saturated carbocycles. The average molecular weight is 870 g/mol. The van der Waals surface area contributed by atoms with E-state index in [1.165, 1.54) is 12.0 Å². The van der Waals surface area contributed by atoms with Crippen molar-refractivity contribution in [3.8, 4) is 22.4 Å². The summed E-state index contributed by atoms with van der Waals surface area (Å²) in [5, 5.41) is 16.7. The van der Waals surface area contributed by atoms with Crippen molar-refractivity contribution in [3.05, 3.63) is 72.4 Å². The summed E-state index contributed by atoms with van der Waals surface area (Å²) in [4.78, 5) is 70.0. The molecule has 0 radical (unpaired) electrons. The van der Waals surface area contributed by atoms with Crippen LogP contribution in [0, 0.1) is 17.8 Å². The molecule has 3 aromatic carbocycles. The number of carbonyl (C=O) groups is 4. The molecule has 0 spiro atoms. The second kappa shape index (κ2) is 17.2. The number of methoxy groups -OCH3 is 1. The highest BCUT2D eigenvalue weighted by Gasteiger charge is 2.48. The Morgan fingerprint density at radius 1 is 0.902 bits per heavy atom. The first-order chi connectivity index (χ1) is 28.9. The average Bonchev–Trinajstić information content (AvgIpc) is 3.98. The maximum Gasteiger partial charge on any atom is 0.407 e. The van der Waals surface area contributed by atoms with Crippen LogP contribution >= 0.6 is 0 Å². The van der Waals surface area contributed by atoms with Crippen molar-refractivity contribution in [2.24, 2.45) is 17.8 Å². The van der Waals surface area contributed by atoms with Gasteiger partial charge >= 0.3 is 6.09 Å². The van der Waals surface area contributed by atoms with Gasteiger partial charge in [0.25, 0.3) is 0 Å². The molecule has 2 unspecified atom stereocenters. The van der Waals surface area contributed by atoms with Crippen molar-refractivity contribution in [3.63, 3.8) is 0 Å². The number of rotatable bonds is 12. The Bertz CT molecular complexity index is 2590. The second-order valence-corrected chi connectivity index (χ2v) is 25.3. The molecule has 2 aliphatic heterocycles. The second-order valence-electron chi connectivity index (χ2n) is 17.9. The number of alkyl carbamates (subject to hydrolysis) is 1. The Labute approximate surface area is 356 Å². The van der Waals surface area contributed by atoms with E-state index >= 15 is 0 Å². The molecule has 2 aliphatic rings. The number of ketones is 1. The Kier molecular flexibility index (Phi) is 12.3. The van der Waals surface area contributed by atoms with Gasteiger partial charge in [0.1, 0.15) is 30.3 Å². The highest BCUT2D eigenvalue weighted by molar-refractivity contribution is 7.91. The fourth-order valence-electron chi connectivity index (χ4n) is 9.01. The molecule has 7 rings (SSSR count). The topological polar surface area (TPSA) is 217 Å². The van der Waals surface area contributed by atoms with Gasteiger partial charge in [0.2, 0.25) is 11.8 Å². The number of hydrogen-bond donors (Lipinski definition) is 5. The zero-order valence-electron chi connectivity index (χ0n) is 35.6. The van der Waals surface area contributed by atoms with Gasteiger partial charge in [-0.05, 0) is 58.1 Å². The minimum atomic E-state index is -3.46. The highest BCUT2D eigenvalue weighted by Crippen LogP contribution is 2.47. The van der Waals surface area contributed by atoms with Crippen LogP contribution in [0.1, 0.15) is 51.3 Å². The van der Waals surface area contributed by atoms with E-state index < -0.39 is 60.6 Å². The summed E-state index contributed by atoms with van der Waals surface area (Å²) in [5.41, 5.74) is 5.19. The van der Waals surface area contributed by atoms with Crippen LogP contribution in [0.3, 0.4) is 0 Å². The summed E-state index contributed by atoms with van der Waals surface area (Å²) in [6.45, 7) is 11.3. The first-order valence-corrected chi connectivity index (χ1v) is 26.0. The third-order valence-electron chi connectivity index (χ3n) is 12.2. The van der Waals surface area contributed by atoms with Gasteiger partial charge in [-0.2, -0.15) is 0 Å². The number of carbonyl (C=O) groups excluding carboxylic acids is 4. The summed E-state index contributed by atoms with van der Waals surface area (Å²) in [7, 11) is -3.99. The summed E-state index contributed by atoms with van der Waals surface area (Å²) in [6.07, 6.45) is 0.884. The molecular weight excluding hydrogens is 815 g/mol.